The van der Waals surface area contributed by atoms with Gasteiger partial charge in [-0.2, -0.15) is 0 Å². The normalized spacial score (nSPS) is 11.7. The molecule has 0 bridgehead atoms. The highest BCUT2D eigenvalue weighted by Gasteiger charge is 2.16. The van der Waals surface area contributed by atoms with Crippen LogP contribution in [0.25, 0.3) is 99.5 Å². The van der Waals surface area contributed by atoms with Crippen molar-refractivity contribution in [1.82, 2.24) is 15.0 Å². The molecule has 0 aliphatic rings. The van der Waals surface area contributed by atoms with Gasteiger partial charge < -0.3 is 4.42 Å². The number of fused-ring (bicyclic) bond motifs is 9. The molecule has 0 aliphatic carbocycles. The van der Waals surface area contributed by atoms with Gasteiger partial charge in [-0.25, -0.2) is 15.0 Å². The molecule has 0 spiro atoms. The predicted octanol–water partition coefficient (Wildman–Crippen LogP) is 11.9. The van der Waals surface area contributed by atoms with E-state index in [4.69, 9.17) is 19.4 Å². The molecule has 0 radical (unpaired) electrons. The van der Waals surface area contributed by atoms with Gasteiger partial charge in [0.25, 0.3) is 0 Å². The van der Waals surface area contributed by atoms with E-state index in [1.54, 1.807) is 0 Å². The minimum atomic E-state index is 0.645. The molecule has 0 aliphatic heterocycles. The molecule has 4 nitrogen and oxygen atoms in total. The van der Waals surface area contributed by atoms with Gasteiger partial charge in [0.1, 0.15) is 11.2 Å². The Morgan fingerprint density at radius 1 is 0.265 bits per heavy atom. The lowest BCUT2D eigenvalue weighted by molar-refractivity contribution is 0.669. The second-order valence-electron chi connectivity index (χ2n) is 12.4. The maximum Gasteiger partial charge on any atom is 0.164 e. The van der Waals surface area contributed by atoms with Crippen molar-refractivity contribution < 1.29 is 4.42 Å². The molecule has 2 aromatic heterocycles. The Bertz CT molecular complexity index is 2820. The maximum atomic E-state index is 6.24. The van der Waals surface area contributed by atoms with Gasteiger partial charge in [0.15, 0.2) is 17.5 Å². The molecule has 4 heteroatoms. The number of hydrogen-bond donors (Lipinski definition) is 0. The SMILES string of the molecule is c1ccc(-c2nc(-c3ccccc3)nc(-c3ccc4c5cc(-c6ccc7c(c6)oc6ccccc67)ccc5c5ccccc5c4c3)n2)cc1. The highest BCUT2D eigenvalue weighted by atomic mass is 16.3. The fourth-order valence-electron chi connectivity index (χ4n) is 7.12. The average molecular weight is 626 g/mol. The Morgan fingerprint density at radius 3 is 1.33 bits per heavy atom. The molecule has 0 saturated carbocycles. The van der Waals surface area contributed by atoms with Crippen LogP contribution in [0.4, 0.5) is 0 Å². The topological polar surface area (TPSA) is 51.8 Å². The Balaban J connectivity index is 1.17. The van der Waals surface area contributed by atoms with Gasteiger partial charge >= 0.3 is 0 Å². The summed E-state index contributed by atoms with van der Waals surface area (Å²) in [4.78, 5) is 14.9. The summed E-state index contributed by atoms with van der Waals surface area (Å²) in [5.74, 6) is 1.95. The molecule has 49 heavy (non-hydrogen) atoms. The standard InChI is InChI=1S/C45H27N3O/c1-3-11-28(12-4-1)43-46-44(29-13-5-2-6-14-29)48-45(47-43)32-21-23-36-39-25-30(19-22-35(39)33-15-7-8-16-34(33)40(36)26-32)31-20-24-38-37-17-9-10-18-41(37)49-42(38)27-31/h1-27H. The van der Waals surface area contributed by atoms with Crippen molar-refractivity contribution in [3.05, 3.63) is 164 Å². The van der Waals surface area contributed by atoms with Crippen LogP contribution in [0.1, 0.15) is 0 Å². The molecule has 8 aromatic carbocycles. The van der Waals surface area contributed by atoms with Gasteiger partial charge in [0.05, 0.1) is 0 Å². The highest BCUT2D eigenvalue weighted by molar-refractivity contribution is 6.26. The van der Waals surface area contributed by atoms with Crippen molar-refractivity contribution in [2.24, 2.45) is 0 Å². The quantitative estimate of drug-likeness (QED) is 0.183. The monoisotopic (exact) mass is 625 g/mol. The molecule has 10 aromatic rings. The Kier molecular flexibility index (Phi) is 6.15. The van der Waals surface area contributed by atoms with Crippen LogP contribution in [0.3, 0.4) is 0 Å². The lowest BCUT2D eigenvalue weighted by atomic mass is 9.91. The van der Waals surface area contributed by atoms with Crippen LogP contribution >= 0.6 is 0 Å². The summed E-state index contributed by atoms with van der Waals surface area (Å²) in [5.41, 5.74) is 6.93. The first-order chi connectivity index (χ1) is 24.3. The molecular formula is C45H27N3O. The second-order valence-corrected chi connectivity index (χ2v) is 12.4. The van der Waals surface area contributed by atoms with Crippen LogP contribution in [0.15, 0.2) is 168 Å². The summed E-state index contributed by atoms with van der Waals surface area (Å²) < 4.78 is 6.24. The Hall–Kier alpha value is -6.65. The molecule has 0 saturated heterocycles. The van der Waals surface area contributed by atoms with Crippen LogP contribution in [0.5, 0.6) is 0 Å². The van der Waals surface area contributed by atoms with Gasteiger partial charge in [-0.05, 0) is 73.8 Å². The van der Waals surface area contributed by atoms with Crippen molar-refractivity contribution in [2.75, 3.05) is 0 Å². The van der Waals surface area contributed by atoms with Gasteiger partial charge in [-0.15, -0.1) is 0 Å². The first-order valence-electron chi connectivity index (χ1n) is 16.4. The third kappa shape index (κ3) is 4.57. The van der Waals surface area contributed by atoms with E-state index in [2.05, 4.69) is 91.0 Å². The van der Waals surface area contributed by atoms with Crippen molar-refractivity contribution in [1.29, 1.82) is 0 Å². The first-order valence-corrected chi connectivity index (χ1v) is 16.4. The summed E-state index contributed by atoms with van der Waals surface area (Å²) in [6.45, 7) is 0. The summed E-state index contributed by atoms with van der Waals surface area (Å²) in [5, 5.41) is 9.46. The van der Waals surface area contributed by atoms with E-state index in [9.17, 15) is 0 Å². The lowest BCUT2D eigenvalue weighted by Crippen LogP contribution is -2.00. The average Bonchev–Trinajstić information content (AvgIpc) is 3.56. The zero-order chi connectivity index (χ0) is 32.3. The summed E-state index contributed by atoms with van der Waals surface area (Å²) >= 11 is 0. The van der Waals surface area contributed by atoms with E-state index in [1.165, 1.54) is 26.9 Å². The minimum absolute atomic E-state index is 0.645. The van der Waals surface area contributed by atoms with Crippen molar-refractivity contribution >= 4 is 54.3 Å². The molecule has 0 fully saturated rings. The molecule has 0 unspecified atom stereocenters. The number of para-hydroxylation sites is 1. The molecular weight excluding hydrogens is 599 g/mol. The van der Waals surface area contributed by atoms with E-state index < -0.39 is 0 Å². The van der Waals surface area contributed by atoms with Crippen LogP contribution in [0.2, 0.25) is 0 Å². The largest absolute Gasteiger partial charge is 0.456 e. The molecule has 0 amide bonds. The van der Waals surface area contributed by atoms with Gasteiger partial charge in [-0.3, -0.25) is 0 Å². The smallest absolute Gasteiger partial charge is 0.164 e. The van der Waals surface area contributed by atoms with Crippen LogP contribution in [0, 0.1) is 0 Å². The van der Waals surface area contributed by atoms with Crippen molar-refractivity contribution in [3.8, 4) is 45.3 Å². The minimum Gasteiger partial charge on any atom is -0.456 e. The van der Waals surface area contributed by atoms with Gasteiger partial charge in [0.2, 0.25) is 0 Å². The Labute approximate surface area is 282 Å². The van der Waals surface area contributed by atoms with Crippen molar-refractivity contribution in [2.45, 2.75) is 0 Å². The number of aromatic nitrogens is 3. The Morgan fingerprint density at radius 2 is 0.673 bits per heavy atom. The summed E-state index contributed by atoms with van der Waals surface area (Å²) in [6, 6.07) is 57.0. The number of benzene rings is 8. The third-order valence-electron chi connectivity index (χ3n) is 9.51. The van der Waals surface area contributed by atoms with E-state index >= 15 is 0 Å². The predicted molar refractivity (Wildman–Crippen MR) is 201 cm³/mol. The number of nitrogens with zero attached hydrogens (tertiary/aromatic N) is 3. The number of rotatable bonds is 4. The summed E-state index contributed by atoms with van der Waals surface area (Å²) in [7, 11) is 0. The van der Waals surface area contributed by atoms with Gasteiger partial charge in [0, 0.05) is 27.5 Å². The molecule has 10 rings (SSSR count). The first kappa shape index (κ1) is 27.5. The fraction of sp³-hybridized carbons (Fsp3) is 0. The van der Waals surface area contributed by atoms with E-state index in [0.717, 1.165) is 55.1 Å². The fourth-order valence-corrected chi connectivity index (χ4v) is 7.12. The molecule has 0 N–H and O–H groups in total. The zero-order valence-electron chi connectivity index (χ0n) is 26.3. The molecule has 228 valence electrons. The van der Waals surface area contributed by atoms with Crippen LogP contribution in [-0.4, -0.2) is 15.0 Å². The molecule has 2 heterocycles. The van der Waals surface area contributed by atoms with E-state index in [-0.39, 0.29) is 0 Å². The number of hydrogen-bond acceptors (Lipinski definition) is 4. The highest BCUT2D eigenvalue weighted by Crippen LogP contribution is 2.40. The molecule has 0 atom stereocenters. The summed E-state index contributed by atoms with van der Waals surface area (Å²) in [6.07, 6.45) is 0. The van der Waals surface area contributed by atoms with Crippen LogP contribution in [-0.2, 0) is 0 Å². The van der Waals surface area contributed by atoms with Crippen molar-refractivity contribution in [3.63, 3.8) is 0 Å². The number of furan rings is 1. The zero-order valence-corrected chi connectivity index (χ0v) is 26.3. The third-order valence-corrected chi connectivity index (χ3v) is 9.51. The van der Waals surface area contributed by atoms with Crippen LogP contribution < -0.4 is 0 Å². The second kappa shape index (κ2) is 11.0. The lowest BCUT2D eigenvalue weighted by Gasteiger charge is -2.14. The van der Waals surface area contributed by atoms with E-state index in [0.29, 0.717) is 17.5 Å². The van der Waals surface area contributed by atoms with E-state index in [1.807, 2.05) is 72.8 Å². The maximum absolute atomic E-state index is 6.24. The van der Waals surface area contributed by atoms with Gasteiger partial charge in [-0.1, -0.05) is 133 Å².